The highest BCUT2D eigenvalue weighted by atomic mass is 16.7. The highest BCUT2D eigenvalue weighted by Crippen LogP contribution is 2.38. The van der Waals surface area contributed by atoms with Gasteiger partial charge in [0, 0.05) is 17.3 Å². The Hall–Kier alpha value is -2.81. The molecule has 0 bridgehead atoms. The molecule has 3 nitrogen and oxygen atoms in total. The molecule has 3 aromatic rings. The quantitative estimate of drug-likeness (QED) is 0.698. The third-order valence-electron chi connectivity index (χ3n) is 3.78. The molecule has 0 spiro atoms. The maximum Gasteiger partial charge on any atom is 0.231 e. The van der Waals surface area contributed by atoms with Crippen molar-refractivity contribution in [1.82, 2.24) is 4.98 Å². The Bertz CT molecular complexity index is 842. The fourth-order valence-electron chi connectivity index (χ4n) is 2.72. The van der Waals surface area contributed by atoms with Crippen LogP contribution in [0.15, 0.2) is 60.8 Å². The minimum atomic E-state index is 0.288. The van der Waals surface area contributed by atoms with Crippen molar-refractivity contribution in [2.24, 2.45) is 0 Å². The second kappa shape index (κ2) is 5.19. The Kier molecular flexibility index (Phi) is 3.04. The lowest BCUT2D eigenvalue weighted by atomic mass is 9.98. The number of fused-ring (bicyclic) bond motifs is 1. The summed E-state index contributed by atoms with van der Waals surface area (Å²) in [5, 5.41) is 0. The summed E-state index contributed by atoms with van der Waals surface area (Å²) in [7, 11) is 0. The molecular formula is C19H15NO2. The third-order valence-corrected chi connectivity index (χ3v) is 3.78. The van der Waals surface area contributed by atoms with Crippen LogP contribution in [0.3, 0.4) is 0 Å². The third kappa shape index (κ3) is 2.21. The van der Waals surface area contributed by atoms with Gasteiger partial charge in [0.15, 0.2) is 11.5 Å². The van der Waals surface area contributed by atoms with Gasteiger partial charge in [0.25, 0.3) is 0 Å². The first-order chi connectivity index (χ1) is 10.8. The molecule has 0 unspecified atom stereocenters. The summed E-state index contributed by atoms with van der Waals surface area (Å²) < 4.78 is 10.9. The Morgan fingerprint density at radius 3 is 2.68 bits per heavy atom. The standard InChI is InChI=1S/C19H15NO2/c1-13-4-2-5-15(10-13)19-16(6-3-9-20-19)14-7-8-17-18(11-14)22-12-21-17/h2-11H,12H2,1H3. The zero-order valence-corrected chi connectivity index (χ0v) is 12.2. The summed E-state index contributed by atoms with van der Waals surface area (Å²) in [5.41, 5.74) is 5.48. The number of aromatic nitrogens is 1. The molecular weight excluding hydrogens is 274 g/mol. The van der Waals surface area contributed by atoms with E-state index in [1.54, 1.807) is 0 Å². The Morgan fingerprint density at radius 1 is 0.864 bits per heavy atom. The van der Waals surface area contributed by atoms with E-state index in [1.807, 2.05) is 30.5 Å². The van der Waals surface area contributed by atoms with Crippen LogP contribution in [0, 0.1) is 6.92 Å². The summed E-state index contributed by atoms with van der Waals surface area (Å²) in [6.45, 7) is 2.38. The van der Waals surface area contributed by atoms with Crippen molar-refractivity contribution in [3.8, 4) is 33.9 Å². The van der Waals surface area contributed by atoms with Crippen LogP contribution in [-0.4, -0.2) is 11.8 Å². The number of ether oxygens (including phenoxy) is 2. The predicted octanol–water partition coefficient (Wildman–Crippen LogP) is 4.45. The summed E-state index contributed by atoms with van der Waals surface area (Å²) in [6.07, 6.45) is 1.83. The molecule has 0 aliphatic carbocycles. The number of hydrogen-bond donors (Lipinski definition) is 0. The monoisotopic (exact) mass is 289 g/mol. The van der Waals surface area contributed by atoms with E-state index < -0.39 is 0 Å². The van der Waals surface area contributed by atoms with Crippen LogP contribution in [0.1, 0.15) is 5.56 Å². The molecule has 3 heteroatoms. The number of aryl methyl sites for hydroxylation is 1. The van der Waals surface area contributed by atoms with Gasteiger partial charge >= 0.3 is 0 Å². The van der Waals surface area contributed by atoms with E-state index in [9.17, 15) is 0 Å². The molecule has 0 amide bonds. The summed E-state index contributed by atoms with van der Waals surface area (Å²) >= 11 is 0. The first-order valence-electron chi connectivity index (χ1n) is 7.23. The molecule has 0 atom stereocenters. The molecule has 2 aromatic carbocycles. The zero-order chi connectivity index (χ0) is 14.9. The highest BCUT2D eigenvalue weighted by Gasteiger charge is 2.16. The minimum absolute atomic E-state index is 0.288. The molecule has 4 rings (SSSR count). The fraction of sp³-hybridized carbons (Fsp3) is 0.105. The van der Waals surface area contributed by atoms with Gasteiger partial charge in [0.2, 0.25) is 6.79 Å². The van der Waals surface area contributed by atoms with Crippen LogP contribution < -0.4 is 9.47 Å². The van der Waals surface area contributed by atoms with E-state index in [0.29, 0.717) is 0 Å². The van der Waals surface area contributed by atoms with Gasteiger partial charge in [-0.1, -0.05) is 35.9 Å². The Morgan fingerprint density at radius 2 is 1.77 bits per heavy atom. The molecule has 0 radical (unpaired) electrons. The van der Waals surface area contributed by atoms with Crippen molar-refractivity contribution >= 4 is 0 Å². The smallest absolute Gasteiger partial charge is 0.231 e. The second-order valence-electron chi connectivity index (χ2n) is 5.34. The van der Waals surface area contributed by atoms with Gasteiger partial charge in [-0.3, -0.25) is 4.98 Å². The normalized spacial score (nSPS) is 12.4. The second-order valence-corrected chi connectivity index (χ2v) is 5.34. The first-order valence-corrected chi connectivity index (χ1v) is 7.23. The average molecular weight is 289 g/mol. The van der Waals surface area contributed by atoms with Crippen molar-refractivity contribution in [3.63, 3.8) is 0 Å². The van der Waals surface area contributed by atoms with E-state index in [4.69, 9.17) is 9.47 Å². The molecule has 0 fully saturated rings. The summed E-state index contributed by atoms with van der Waals surface area (Å²) in [4.78, 5) is 4.59. The summed E-state index contributed by atoms with van der Waals surface area (Å²) in [5.74, 6) is 1.58. The van der Waals surface area contributed by atoms with Crippen LogP contribution in [0.2, 0.25) is 0 Å². The van der Waals surface area contributed by atoms with Gasteiger partial charge < -0.3 is 9.47 Å². The van der Waals surface area contributed by atoms with Crippen LogP contribution in [0.5, 0.6) is 11.5 Å². The molecule has 1 aromatic heterocycles. The van der Waals surface area contributed by atoms with E-state index >= 15 is 0 Å². The lowest BCUT2D eigenvalue weighted by Gasteiger charge is -2.10. The fourth-order valence-corrected chi connectivity index (χ4v) is 2.72. The molecule has 1 aliphatic rings. The van der Waals surface area contributed by atoms with E-state index in [0.717, 1.165) is 33.9 Å². The molecule has 0 saturated heterocycles. The largest absolute Gasteiger partial charge is 0.454 e. The van der Waals surface area contributed by atoms with Crippen molar-refractivity contribution < 1.29 is 9.47 Å². The van der Waals surface area contributed by atoms with E-state index in [2.05, 4.69) is 42.2 Å². The van der Waals surface area contributed by atoms with Gasteiger partial charge in [0.05, 0.1) is 5.69 Å². The lowest BCUT2D eigenvalue weighted by molar-refractivity contribution is 0.174. The number of rotatable bonds is 2. The first kappa shape index (κ1) is 12.9. The maximum absolute atomic E-state index is 5.48. The predicted molar refractivity (Wildman–Crippen MR) is 86.0 cm³/mol. The Balaban J connectivity index is 1.86. The van der Waals surface area contributed by atoms with E-state index in [-0.39, 0.29) is 6.79 Å². The van der Waals surface area contributed by atoms with Gasteiger partial charge in [-0.25, -0.2) is 0 Å². The van der Waals surface area contributed by atoms with Gasteiger partial charge in [-0.05, 0) is 36.8 Å². The van der Waals surface area contributed by atoms with Gasteiger partial charge in [0.1, 0.15) is 0 Å². The minimum Gasteiger partial charge on any atom is -0.454 e. The SMILES string of the molecule is Cc1cccc(-c2ncccc2-c2ccc3c(c2)OCO3)c1. The van der Waals surface area contributed by atoms with Crippen LogP contribution in [-0.2, 0) is 0 Å². The number of hydrogen-bond acceptors (Lipinski definition) is 3. The molecule has 108 valence electrons. The molecule has 1 aliphatic heterocycles. The van der Waals surface area contributed by atoms with Gasteiger partial charge in [-0.15, -0.1) is 0 Å². The molecule has 22 heavy (non-hydrogen) atoms. The van der Waals surface area contributed by atoms with Crippen molar-refractivity contribution in [2.75, 3.05) is 6.79 Å². The van der Waals surface area contributed by atoms with Crippen molar-refractivity contribution in [1.29, 1.82) is 0 Å². The van der Waals surface area contributed by atoms with Crippen LogP contribution >= 0.6 is 0 Å². The zero-order valence-electron chi connectivity index (χ0n) is 12.2. The van der Waals surface area contributed by atoms with Crippen molar-refractivity contribution in [3.05, 3.63) is 66.4 Å². The molecule has 0 N–H and O–H groups in total. The maximum atomic E-state index is 5.48. The van der Waals surface area contributed by atoms with Crippen LogP contribution in [0.25, 0.3) is 22.4 Å². The molecule has 2 heterocycles. The Labute approximate surface area is 129 Å². The number of nitrogens with zero attached hydrogens (tertiary/aromatic N) is 1. The number of pyridine rings is 1. The molecule has 0 saturated carbocycles. The average Bonchev–Trinajstić information content (AvgIpc) is 3.02. The lowest BCUT2D eigenvalue weighted by Crippen LogP contribution is -1.93. The summed E-state index contributed by atoms with van der Waals surface area (Å²) in [6, 6.07) is 18.4. The number of benzene rings is 2. The van der Waals surface area contributed by atoms with Crippen LogP contribution in [0.4, 0.5) is 0 Å². The highest BCUT2D eigenvalue weighted by molar-refractivity contribution is 5.81. The topological polar surface area (TPSA) is 31.4 Å². The van der Waals surface area contributed by atoms with Gasteiger partial charge in [-0.2, -0.15) is 0 Å². The van der Waals surface area contributed by atoms with E-state index in [1.165, 1.54) is 5.56 Å². The van der Waals surface area contributed by atoms with Crippen molar-refractivity contribution in [2.45, 2.75) is 6.92 Å².